The SMILES string of the molecule is O=C(O)[C@H]1CN(C(=O)c2csc(-c3ccccc3Cl)n2)CCO1. The number of rotatable bonds is 3. The molecule has 1 saturated heterocycles. The average Bonchev–Trinajstić information content (AvgIpc) is 3.04. The second kappa shape index (κ2) is 6.66. The molecule has 0 saturated carbocycles. The second-order valence-corrected chi connectivity index (χ2v) is 6.23. The van der Waals surface area contributed by atoms with E-state index in [1.165, 1.54) is 16.2 Å². The molecule has 1 atom stereocenters. The lowest BCUT2D eigenvalue weighted by Crippen LogP contribution is -2.48. The van der Waals surface area contributed by atoms with E-state index in [2.05, 4.69) is 4.98 Å². The maximum absolute atomic E-state index is 12.5. The summed E-state index contributed by atoms with van der Waals surface area (Å²) in [5.74, 6) is -1.37. The number of hydrogen-bond donors (Lipinski definition) is 1. The minimum absolute atomic E-state index is 0.0210. The fourth-order valence-electron chi connectivity index (χ4n) is 2.28. The highest BCUT2D eigenvalue weighted by atomic mass is 35.5. The number of carboxylic acids is 1. The third kappa shape index (κ3) is 3.36. The van der Waals surface area contributed by atoms with Crippen LogP contribution in [0.5, 0.6) is 0 Å². The molecule has 0 bridgehead atoms. The van der Waals surface area contributed by atoms with E-state index in [1.54, 1.807) is 11.4 Å². The van der Waals surface area contributed by atoms with Crippen molar-refractivity contribution in [1.82, 2.24) is 9.88 Å². The van der Waals surface area contributed by atoms with Gasteiger partial charge in [0.2, 0.25) is 0 Å². The fraction of sp³-hybridized carbons (Fsp3) is 0.267. The Kier molecular flexibility index (Phi) is 4.61. The minimum Gasteiger partial charge on any atom is -0.479 e. The van der Waals surface area contributed by atoms with Crippen molar-refractivity contribution in [3.8, 4) is 10.6 Å². The summed E-state index contributed by atoms with van der Waals surface area (Å²) >= 11 is 7.47. The van der Waals surface area contributed by atoms with E-state index in [9.17, 15) is 9.59 Å². The lowest BCUT2D eigenvalue weighted by Gasteiger charge is -2.30. The van der Waals surface area contributed by atoms with E-state index in [0.29, 0.717) is 16.6 Å². The predicted molar refractivity (Wildman–Crippen MR) is 85.8 cm³/mol. The number of ether oxygens (including phenoxy) is 1. The van der Waals surface area contributed by atoms with E-state index in [0.717, 1.165) is 5.56 Å². The van der Waals surface area contributed by atoms with Crippen LogP contribution in [0.3, 0.4) is 0 Å². The van der Waals surface area contributed by atoms with Gasteiger partial charge in [0.1, 0.15) is 10.7 Å². The number of benzene rings is 1. The quantitative estimate of drug-likeness (QED) is 0.917. The van der Waals surface area contributed by atoms with Gasteiger partial charge < -0.3 is 14.7 Å². The van der Waals surface area contributed by atoms with Crippen LogP contribution in [-0.2, 0) is 9.53 Å². The van der Waals surface area contributed by atoms with E-state index < -0.39 is 12.1 Å². The number of morpholine rings is 1. The Balaban J connectivity index is 1.79. The van der Waals surface area contributed by atoms with Crippen molar-refractivity contribution in [1.29, 1.82) is 0 Å². The first kappa shape index (κ1) is 15.9. The average molecular weight is 353 g/mol. The lowest BCUT2D eigenvalue weighted by atomic mass is 10.2. The van der Waals surface area contributed by atoms with E-state index >= 15 is 0 Å². The van der Waals surface area contributed by atoms with Crippen LogP contribution in [0.2, 0.25) is 5.02 Å². The first-order valence-corrected chi connectivity index (χ1v) is 8.16. The molecule has 0 radical (unpaired) electrons. The van der Waals surface area contributed by atoms with Crippen molar-refractivity contribution >= 4 is 34.8 Å². The molecular weight excluding hydrogens is 340 g/mol. The molecule has 2 aromatic rings. The minimum atomic E-state index is -1.07. The third-order valence-corrected chi connectivity index (χ3v) is 4.66. The number of halogens is 1. The molecular formula is C15H13ClN2O4S. The summed E-state index contributed by atoms with van der Waals surface area (Å²) in [7, 11) is 0. The van der Waals surface area contributed by atoms with Crippen LogP contribution in [0.15, 0.2) is 29.6 Å². The van der Waals surface area contributed by atoms with Gasteiger partial charge in [-0.1, -0.05) is 29.8 Å². The molecule has 1 amide bonds. The largest absolute Gasteiger partial charge is 0.479 e. The van der Waals surface area contributed by atoms with E-state index in [1.807, 2.05) is 18.2 Å². The first-order valence-electron chi connectivity index (χ1n) is 6.90. The molecule has 1 aromatic carbocycles. The van der Waals surface area contributed by atoms with Crippen LogP contribution < -0.4 is 0 Å². The molecule has 1 fully saturated rings. The Bertz CT molecular complexity index is 749. The topological polar surface area (TPSA) is 79.7 Å². The second-order valence-electron chi connectivity index (χ2n) is 4.97. The third-order valence-electron chi connectivity index (χ3n) is 3.46. The molecule has 6 nitrogen and oxygen atoms in total. The van der Waals surface area contributed by atoms with Gasteiger partial charge in [0.15, 0.2) is 6.10 Å². The molecule has 1 N–H and O–H groups in total. The Morgan fingerprint density at radius 3 is 2.91 bits per heavy atom. The smallest absolute Gasteiger partial charge is 0.334 e. The number of amides is 1. The normalized spacial score (nSPS) is 18.0. The molecule has 1 aliphatic rings. The summed E-state index contributed by atoms with van der Waals surface area (Å²) in [6.07, 6.45) is -0.991. The summed E-state index contributed by atoms with van der Waals surface area (Å²) in [5, 5.41) is 11.9. The van der Waals surface area contributed by atoms with Gasteiger partial charge in [0, 0.05) is 17.5 Å². The highest BCUT2D eigenvalue weighted by molar-refractivity contribution is 7.13. The number of hydrogen-bond acceptors (Lipinski definition) is 5. The number of carbonyl (C=O) groups is 2. The molecule has 0 unspecified atom stereocenters. The molecule has 8 heteroatoms. The highest BCUT2D eigenvalue weighted by Crippen LogP contribution is 2.30. The van der Waals surface area contributed by atoms with Gasteiger partial charge in [-0.15, -0.1) is 11.3 Å². The van der Waals surface area contributed by atoms with Crippen LogP contribution in [0.25, 0.3) is 10.6 Å². The molecule has 0 aliphatic carbocycles. The van der Waals surface area contributed by atoms with Crippen LogP contribution in [0, 0.1) is 0 Å². The van der Waals surface area contributed by atoms with Gasteiger partial charge in [-0.2, -0.15) is 0 Å². The highest BCUT2D eigenvalue weighted by Gasteiger charge is 2.30. The van der Waals surface area contributed by atoms with Gasteiger partial charge in [-0.05, 0) is 6.07 Å². The Hall–Kier alpha value is -1.96. The molecule has 0 spiro atoms. The monoisotopic (exact) mass is 352 g/mol. The van der Waals surface area contributed by atoms with Crippen molar-refractivity contribution < 1.29 is 19.4 Å². The summed E-state index contributed by atoms with van der Waals surface area (Å²) in [5.41, 5.74) is 1.06. The van der Waals surface area contributed by atoms with Crippen molar-refractivity contribution in [3.63, 3.8) is 0 Å². The predicted octanol–water partition coefficient (Wildman–Crippen LogP) is 2.39. The maximum atomic E-state index is 12.5. The molecule has 120 valence electrons. The van der Waals surface area contributed by atoms with Crippen LogP contribution in [0.1, 0.15) is 10.5 Å². The zero-order chi connectivity index (χ0) is 16.4. The molecule has 23 heavy (non-hydrogen) atoms. The number of carbonyl (C=O) groups excluding carboxylic acids is 1. The summed E-state index contributed by atoms with van der Waals surface area (Å²) in [6.45, 7) is 0.568. The number of carboxylic acid groups (broad SMARTS) is 1. The molecule has 3 rings (SSSR count). The van der Waals surface area contributed by atoms with E-state index in [-0.39, 0.29) is 24.8 Å². The van der Waals surface area contributed by atoms with Gasteiger partial charge >= 0.3 is 5.97 Å². The van der Waals surface area contributed by atoms with Crippen molar-refractivity contribution in [3.05, 3.63) is 40.4 Å². The Morgan fingerprint density at radius 1 is 1.39 bits per heavy atom. The van der Waals surface area contributed by atoms with Crippen molar-refractivity contribution in [2.45, 2.75) is 6.10 Å². The van der Waals surface area contributed by atoms with Gasteiger partial charge in [0.25, 0.3) is 5.91 Å². The Labute approximate surface area is 141 Å². The fourth-order valence-corrected chi connectivity index (χ4v) is 3.39. The number of nitrogens with zero attached hydrogens (tertiary/aromatic N) is 2. The van der Waals surface area contributed by atoms with Gasteiger partial charge in [-0.25, -0.2) is 9.78 Å². The van der Waals surface area contributed by atoms with Gasteiger partial charge in [0.05, 0.1) is 18.2 Å². The summed E-state index contributed by atoms with van der Waals surface area (Å²) < 4.78 is 5.12. The first-order chi connectivity index (χ1) is 11.1. The standard InChI is InChI=1S/C15H13ClN2O4S/c16-10-4-2-1-3-9(10)13-17-11(8-23-13)14(19)18-5-6-22-12(7-18)15(20)21/h1-4,8,12H,5-7H2,(H,20,21)/t12-/m1/s1. The number of aliphatic carboxylic acids is 1. The molecule has 1 aromatic heterocycles. The van der Waals surface area contributed by atoms with Crippen LogP contribution in [0.4, 0.5) is 0 Å². The van der Waals surface area contributed by atoms with Gasteiger partial charge in [-0.3, -0.25) is 4.79 Å². The maximum Gasteiger partial charge on any atom is 0.334 e. The molecule has 2 heterocycles. The lowest BCUT2D eigenvalue weighted by molar-refractivity contribution is -0.154. The molecule has 1 aliphatic heterocycles. The summed E-state index contributed by atoms with van der Waals surface area (Å²) in [6, 6.07) is 7.28. The van der Waals surface area contributed by atoms with Crippen LogP contribution >= 0.6 is 22.9 Å². The Morgan fingerprint density at radius 2 is 2.17 bits per heavy atom. The number of aromatic nitrogens is 1. The van der Waals surface area contributed by atoms with Crippen LogP contribution in [-0.4, -0.2) is 52.7 Å². The zero-order valence-corrected chi connectivity index (χ0v) is 13.5. The van der Waals surface area contributed by atoms with Crippen molar-refractivity contribution in [2.24, 2.45) is 0 Å². The number of thiazole rings is 1. The van der Waals surface area contributed by atoms with Crippen molar-refractivity contribution in [2.75, 3.05) is 19.7 Å². The van der Waals surface area contributed by atoms with E-state index in [4.69, 9.17) is 21.4 Å². The zero-order valence-electron chi connectivity index (χ0n) is 11.9. The summed E-state index contributed by atoms with van der Waals surface area (Å²) in [4.78, 5) is 29.3.